The predicted octanol–water partition coefficient (Wildman–Crippen LogP) is 1.45. The second kappa shape index (κ2) is 9.08. The summed E-state index contributed by atoms with van der Waals surface area (Å²) in [7, 11) is 0. The highest BCUT2D eigenvalue weighted by Crippen LogP contribution is 2.15. The molecule has 2 rings (SSSR count). The van der Waals surface area contributed by atoms with Crippen molar-refractivity contribution >= 4 is 17.9 Å². The molecule has 6 heteroatoms. The van der Waals surface area contributed by atoms with E-state index >= 15 is 0 Å². The fraction of sp³-hybridized carbons (Fsp3) is 0.444. The quantitative estimate of drug-likeness (QED) is 0.731. The summed E-state index contributed by atoms with van der Waals surface area (Å²) in [6.07, 6.45) is 4.37. The standard InChI is InChI=1S/C18H24N2O4/c1-2-20(11-15-9-10-23-12-15)18(22)8-5-14-3-6-16(7-4-14)24-13-17(19)21/h3-8,15H,2,9-13H2,1H3,(H2,19,21)/b8-5+. The van der Waals surface area contributed by atoms with Crippen LogP contribution < -0.4 is 10.5 Å². The summed E-state index contributed by atoms with van der Waals surface area (Å²) >= 11 is 0. The molecule has 1 aliphatic rings. The van der Waals surface area contributed by atoms with Crippen molar-refractivity contribution in [1.82, 2.24) is 4.90 Å². The van der Waals surface area contributed by atoms with Gasteiger partial charge in [-0.2, -0.15) is 0 Å². The first-order valence-electron chi connectivity index (χ1n) is 8.14. The van der Waals surface area contributed by atoms with Gasteiger partial charge in [0.1, 0.15) is 5.75 Å². The summed E-state index contributed by atoms with van der Waals surface area (Å²) in [5.74, 6) is 0.480. The van der Waals surface area contributed by atoms with Crippen LogP contribution in [0.4, 0.5) is 0 Å². The van der Waals surface area contributed by atoms with Gasteiger partial charge in [0, 0.05) is 31.7 Å². The van der Waals surface area contributed by atoms with Gasteiger partial charge < -0.3 is 20.1 Å². The maximum Gasteiger partial charge on any atom is 0.255 e. The molecule has 6 nitrogen and oxygen atoms in total. The summed E-state index contributed by atoms with van der Waals surface area (Å²) in [6, 6.07) is 7.11. The molecule has 0 radical (unpaired) electrons. The SMILES string of the molecule is CCN(CC1CCOC1)C(=O)/C=C/c1ccc(OCC(N)=O)cc1. The van der Waals surface area contributed by atoms with E-state index in [4.69, 9.17) is 15.2 Å². The topological polar surface area (TPSA) is 81.9 Å². The van der Waals surface area contributed by atoms with Gasteiger partial charge in [0.2, 0.25) is 5.91 Å². The van der Waals surface area contributed by atoms with Crippen molar-refractivity contribution in [3.8, 4) is 5.75 Å². The Morgan fingerprint density at radius 1 is 1.38 bits per heavy atom. The van der Waals surface area contributed by atoms with Crippen LogP contribution in [0.2, 0.25) is 0 Å². The molecule has 2 N–H and O–H groups in total. The number of nitrogens with two attached hydrogens (primary N) is 1. The Bertz CT molecular complexity index is 577. The van der Waals surface area contributed by atoms with Crippen LogP contribution in [0, 0.1) is 5.92 Å². The van der Waals surface area contributed by atoms with Crippen LogP contribution in [-0.2, 0) is 14.3 Å². The maximum atomic E-state index is 12.3. The normalized spacial score (nSPS) is 17.1. The minimum absolute atomic E-state index is 0.00143. The van der Waals surface area contributed by atoms with Gasteiger partial charge in [-0.1, -0.05) is 12.1 Å². The molecule has 0 aliphatic carbocycles. The second-order valence-electron chi connectivity index (χ2n) is 5.76. The van der Waals surface area contributed by atoms with Crippen molar-refractivity contribution in [2.45, 2.75) is 13.3 Å². The lowest BCUT2D eigenvalue weighted by Crippen LogP contribution is -2.34. The van der Waals surface area contributed by atoms with Crippen molar-refractivity contribution in [3.05, 3.63) is 35.9 Å². The number of ether oxygens (including phenoxy) is 2. The molecule has 0 saturated carbocycles. The minimum Gasteiger partial charge on any atom is -0.484 e. The molecule has 0 bridgehead atoms. The molecule has 1 aliphatic heterocycles. The van der Waals surface area contributed by atoms with Gasteiger partial charge in [-0.3, -0.25) is 9.59 Å². The van der Waals surface area contributed by atoms with Crippen LogP contribution in [-0.4, -0.2) is 49.6 Å². The Balaban J connectivity index is 1.88. The summed E-state index contributed by atoms with van der Waals surface area (Å²) in [5.41, 5.74) is 5.91. The highest BCUT2D eigenvalue weighted by molar-refractivity contribution is 5.91. The van der Waals surface area contributed by atoms with Crippen molar-refractivity contribution in [1.29, 1.82) is 0 Å². The van der Waals surface area contributed by atoms with Crippen molar-refractivity contribution in [2.75, 3.05) is 32.9 Å². The molecule has 1 heterocycles. The Labute approximate surface area is 142 Å². The van der Waals surface area contributed by atoms with E-state index in [2.05, 4.69) is 0 Å². The molecule has 1 saturated heterocycles. The molecule has 2 amide bonds. The number of rotatable bonds is 8. The number of carbonyl (C=O) groups is 2. The molecule has 1 aromatic rings. The minimum atomic E-state index is -0.517. The Morgan fingerprint density at radius 3 is 2.71 bits per heavy atom. The van der Waals surface area contributed by atoms with Gasteiger partial charge in [0.15, 0.2) is 6.61 Å². The van der Waals surface area contributed by atoms with Crippen molar-refractivity contribution < 1.29 is 19.1 Å². The number of amides is 2. The van der Waals surface area contributed by atoms with Crippen LogP contribution >= 0.6 is 0 Å². The number of benzene rings is 1. The first kappa shape index (κ1) is 18.0. The third-order valence-electron chi connectivity index (χ3n) is 3.88. The monoisotopic (exact) mass is 332 g/mol. The Kier molecular flexibility index (Phi) is 6.81. The third-order valence-corrected chi connectivity index (χ3v) is 3.88. The van der Waals surface area contributed by atoms with Gasteiger partial charge in [0.05, 0.1) is 6.61 Å². The summed E-state index contributed by atoms with van der Waals surface area (Å²) in [4.78, 5) is 24.8. The van der Waals surface area contributed by atoms with Gasteiger partial charge in [-0.15, -0.1) is 0 Å². The molecule has 1 aromatic carbocycles. The molecule has 0 aromatic heterocycles. The summed E-state index contributed by atoms with van der Waals surface area (Å²) in [5, 5.41) is 0. The smallest absolute Gasteiger partial charge is 0.255 e. The lowest BCUT2D eigenvalue weighted by atomic mass is 10.1. The van der Waals surface area contributed by atoms with Crippen LogP contribution in [0.15, 0.2) is 30.3 Å². The van der Waals surface area contributed by atoms with E-state index in [1.807, 2.05) is 24.0 Å². The number of hydrogen-bond donors (Lipinski definition) is 1. The third kappa shape index (κ3) is 5.70. The lowest BCUT2D eigenvalue weighted by molar-refractivity contribution is -0.126. The number of likely N-dealkylation sites (N-methyl/N-ethyl adjacent to an activating group) is 1. The number of hydrogen-bond acceptors (Lipinski definition) is 4. The first-order valence-corrected chi connectivity index (χ1v) is 8.14. The summed E-state index contributed by atoms with van der Waals surface area (Å²) < 4.78 is 10.6. The number of primary amides is 1. The largest absolute Gasteiger partial charge is 0.484 e. The molecule has 24 heavy (non-hydrogen) atoms. The number of nitrogens with zero attached hydrogens (tertiary/aromatic N) is 1. The van der Waals surface area contributed by atoms with E-state index in [0.29, 0.717) is 18.2 Å². The predicted molar refractivity (Wildman–Crippen MR) is 91.3 cm³/mol. The van der Waals surface area contributed by atoms with Gasteiger partial charge >= 0.3 is 0 Å². The zero-order valence-electron chi connectivity index (χ0n) is 13.9. The molecule has 0 spiro atoms. The van der Waals surface area contributed by atoms with Crippen LogP contribution in [0.3, 0.4) is 0 Å². The molecular formula is C18H24N2O4. The van der Waals surface area contributed by atoms with Crippen LogP contribution in [0.1, 0.15) is 18.9 Å². The molecule has 1 atom stereocenters. The molecule has 130 valence electrons. The Morgan fingerprint density at radius 2 is 2.12 bits per heavy atom. The lowest BCUT2D eigenvalue weighted by Gasteiger charge is -2.22. The van der Waals surface area contributed by atoms with Crippen LogP contribution in [0.5, 0.6) is 5.75 Å². The molecular weight excluding hydrogens is 308 g/mol. The molecule has 1 unspecified atom stereocenters. The second-order valence-corrected chi connectivity index (χ2v) is 5.76. The van der Waals surface area contributed by atoms with Crippen LogP contribution in [0.25, 0.3) is 6.08 Å². The van der Waals surface area contributed by atoms with Gasteiger partial charge in [-0.25, -0.2) is 0 Å². The van der Waals surface area contributed by atoms with Gasteiger partial charge in [-0.05, 0) is 37.1 Å². The maximum absolute atomic E-state index is 12.3. The first-order chi connectivity index (χ1) is 11.6. The highest BCUT2D eigenvalue weighted by Gasteiger charge is 2.20. The van der Waals surface area contributed by atoms with Crippen molar-refractivity contribution in [3.63, 3.8) is 0 Å². The summed E-state index contributed by atoms with van der Waals surface area (Å²) in [6.45, 7) is 4.77. The van der Waals surface area contributed by atoms with E-state index < -0.39 is 5.91 Å². The zero-order valence-corrected chi connectivity index (χ0v) is 13.9. The van der Waals surface area contributed by atoms with E-state index in [1.54, 1.807) is 24.3 Å². The van der Waals surface area contributed by atoms with E-state index in [0.717, 1.165) is 31.7 Å². The van der Waals surface area contributed by atoms with E-state index in [9.17, 15) is 9.59 Å². The van der Waals surface area contributed by atoms with E-state index in [-0.39, 0.29) is 12.5 Å². The fourth-order valence-corrected chi connectivity index (χ4v) is 2.52. The average molecular weight is 332 g/mol. The number of carbonyl (C=O) groups excluding carboxylic acids is 2. The van der Waals surface area contributed by atoms with Crippen molar-refractivity contribution in [2.24, 2.45) is 11.7 Å². The fourth-order valence-electron chi connectivity index (χ4n) is 2.52. The van der Waals surface area contributed by atoms with Gasteiger partial charge in [0.25, 0.3) is 5.91 Å². The average Bonchev–Trinajstić information content (AvgIpc) is 3.09. The van der Waals surface area contributed by atoms with E-state index in [1.165, 1.54) is 0 Å². The zero-order chi connectivity index (χ0) is 17.4. The molecule has 1 fully saturated rings. The Hall–Kier alpha value is -2.34. The highest BCUT2D eigenvalue weighted by atomic mass is 16.5.